The fraction of sp³-hybridized carbons (Fsp3) is 0.184. The van der Waals surface area contributed by atoms with E-state index in [1.165, 1.54) is 88.1 Å². The molecule has 9 rings (SSSR count). The van der Waals surface area contributed by atoms with Crippen LogP contribution in [0.5, 0.6) is 0 Å². The summed E-state index contributed by atoms with van der Waals surface area (Å²) in [6, 6.07) is 49.5. The molecule has 0 aliphatic carbocycles. The minimum atomic E-state index is 0.00769. The molecule has 7 aromatic carbocycles. The van der Waals surface area contributed by atoms with Gasteiger partial charge in [-0.1, -0.05) is 138 Å². The Labute approximate surface area is 308 Å². The molecule has 1 aromatic heterocycles. The number of rotatable bonds is 4. The lowest BCUT2D eigenvalue weighted by Gasteiger charge is -2.27. The minimum absolute atomic E-state index is 0.00769. The lowest BCUT2D eigenvalue weighted by molar-refractivity contribution is 0.590. The minimum Gasteiger partial charge on any atom is -0.355 e. The first kappa shape index (κ1) is 32.4. The van der Waals surface area contributed by atoms with Crippen LogP contribution in [0.1, 0.15) is 58.2 Å². The standard InChI is InChI=1S/C49H44BN2/c1-30-25-40(45-37-16-12-11-15-33(37)19-23-42(45)51-36-21-17-32(18-22-36)31-13-9-8-10-14-31)46-44(26-30)52-43-24-20-34(48(2,3)4)27-38(43)39-28-35(49(5,6)7)29-41(50-46)47(39)52/h8-29,51H,1-7H3. The van der Waals surface area contributed by atoms with Gasteiger partial charge in [-0.3, -0.25) is 0 Å². The van der Waals surface area contributed by atoms with Gasteiger partial charge < -0.3 is 9.88 Å². The van der Waals surface area contributed by atoms with E-state index in [-0.39, 0.29) is 10.8 Å². The summed E-state index contributed by atoms with van der Waals surface area (Å²) < 4.78 is 2.55. The second-order valence-corrected chi connectivity index (χ2v) is 16.7. The van der Waals surface area contributed by atoms with Crippen LogP contribution in [0.2, 0.25) is 0 Å². The van der Waals surface area contributed by atoms with Crippen LogP contribution in [0, 0.1) is 6.92 Å². The molecule has 1 radical (unpaired) electrons. The fourth-order valence-electron chi connectivity index (χ4n) is 8.11. The van der Waals surface area contributed by atoms with E-state index in [1.807, 2.05) is 0 Å². The molecule has 3 heteroatoms. The number of aryl methyl sites for hydroxylation is 1. The predicted octanol–water partition coefficient (Wildman–Crippen LogP) is 11.9. The molecule has 2 nitrogen and oxygen atoms in total. The summed E-state index contributed by atoms with van der Waals surface area (Å²) in [4.78, 5) is 0. The van der Waals surface area contributed by atoms with Crippen molar-refractivity contribution >= 4 is 62.2 Å². The third-order valence-electron chi connectivity index (χ3n) is 10.9. The van der Waals surface area contributed by atoms with E-state index in [1.54, 1.807) is 0 Å². The van der Waals surface area contributed by atoms with Gasteiger partial charge in [0.15, 0.2) is 7.28 Å². The van der Waals surface area contributed by atoms with E-state index < -0.39 is 0 Å². The summed E-state index contributed by atoms with van der Waals surface area (Å²) in [6.07, 6.45) is 0. The molecule has 52 heavy (non-hydrogen) atoms. The van der Waals surface area contributed by atoms with Gasteiger partial charge in [0.1, 0.15) is 0 Å². The number of nitrogens with zero attached hydrogens (tertiary/aromatic N) is 1. The Bertz CT molecular complexity index is 2680. The SMILES string of the molecule is Cc1cc(-c2c(Nc3ccc(-c4ccccc4)cc3)ccc3ccccc23)c2c(c1)-n1c3ccc(C(C)(C)C)cc3c3cc(C(C)(C)C)cc(c31)[B]2. The van der Waals surface area contributed by atoms with Crippen molar-refractivity contribution in [3.8, 4) is 27.9 Å². The molecule has 8 aromatic rings. The summed E-state index contributed by atoms with van der Waals surface area (Å²) in [5, 5.41) is 8.98. The summed E-state index contributed by atoms with van der Waals surface area (Å²) in [7, 11) is 2.46. The van der Waals surface area contributed by atoms with Crippen molar-refractivity contribution in [2.45, 2.75) is 59.3 Å². The summed E-state index contributed by atoms with van der Waals surface area (Å²) >= 11 is 0. The van der Waals surface area contributed by atoms with Crippen molar-refractivity contribution < 1.29 is 0 Å². The maximum atomic E-state index is 3.86. The van der Waals surface area contributed by atoms with Crippen LogP contribution in [0.15, 0.2) is 133 Å². The number of hydrogen-bond acceptors (Lipinski definition) is 1. The van der Waals surface area contributed by atoms with E-state index in [4.69, 9.17) is 0 Å². The molecule has 1 aliphatic rings. The second kappa shape index (κ2) is 11.8. The Kier molecular flexibility index (Phi) is 7.32. The van der Waals surface area contributed by atoms with Crippen molar-refractivity contribution in [2.75, 3.05) is 5.32 Å². The topological polar surface area (TPSA) is 17.0 Å². The maximum Gasteiger partial charge on any atom is 0.197 e. The number of nitrogens with one attached hydrogen (secondary N) is 1. The summed E-state index contributed by atoms with van der Waals surface area (Å²) in [5.74, 6) is 0. The van der Waals surface area contributed by atoms with Gasteiger partial charge in [-0.05, 0) is 110 Å². The number of benzene rings is 7. The highest BCUT2D eigenvalue weighted by Crippen LogP contribution is 2.42. The van der Waals surface area contributed by atoms with E-state index in [0.29, 0.717) is 0 Å². The Morgan fingerprint density at radius 1 is 0.577 bits per heavy atom. The molecule has 0 unspecified atom stereocenters. The van der Waals surface area contributed by atoms with Crippen molar-refractivity contribution in [1.82, 2.24) is 4.57 Å². The van der Waals surface area contributed by atoms with E-state index in [9.17, 15) is 0 Å². The zero-order chi connectivity index (χ0) is 35.9. The van der Waals surface area contributed by atoms with Crippen molar-refractivity contribution in [2.24, 2.45) is 0 Å². The predicted molar refractivity (Wildman–Crippen MR) is 226 cm³/mol. The molecule has 1 aliphatic heterocycles. The maximum absolute atomic E-state index is 3.86. The highest BCUT2D eigenvalue weighted by molar-refractivity contribution is 6.73. The Balaban J connectivity index is 1.28. The van der Waals surface area contributed by atoms with Gasteiger partial charge in [0.2, 0.25) is 0 Å². The molecule has 0 spiro atoms. The molecule has 0 amide bonds. The van der Waals surface area contributed by atoms with Crippen LogP contribution < -0.4 is 16.2 Å². The molecule has 1 N–H and O–H groups in total. The Hall–Kier alpha value is -5.54. The molecular weight excluding hydrogens is 627 g/mol. The number of anilines is 2. The number of hydrogen-bond donors (Lipinski definition) is 1. The van der Waals surface area contributed by atoms with Gasteiger partial charge in [-0.25, -0.2) is 0 Å². The monoisotopic (exact) mass is 671 g/mol. The van der Waals surface area contributed by atoms with Gasteiger partial charge >= 0.3 is 0 Å². The van der Waals surface area contributed by atoms with Crippen LogP contribution in [-0.2, 0) is 10.8 Å². The van der Waals surface area contributed by atoms with Gasteiger partial charge in [0, 0.05) is 38.9 Å². The quantitative estimate of drug-likeness (QED) is 0.184. The van der Waals surface area contributed by atoms with Gasteiger partial charge in [0.25, 0.3) is 0 Å². The molecule has 0 bridgehead atoms. The first-order valence-electron chi connectivity index (χ1n) is 18.5. The summed E-state index contributed by atoms with van der Waals surface area (Å²) in [6.45, 7) is 16.1. The fourth-order valence-corrected chi connectivity index (χ4v) is 8.11. The lowest BCUT2D eigenvalue weighted by Crippen LogP contribution is -2.38. The van der Waals surface area contributed by atoms with Crippen molar-refractivity contribution in [1.29, 1.82) is 0 Å². The molecular formula is C49H44BN2. The third kappa shape index (κ3) is 5.34. The van der Waals surface area contributed by atoms with Crippen LogP contribution in [-0.4, -0.2) is 11.8 Å². The van der Waals surface area contributed by atoms with E-state index in [2.05, 4.69) is 199 Å². The number of aromatic nitrogens is 1. The van der Waals surface area contributed by atoms with Crippen molar-refractivity contribution in [3.05, 3.63) is 150 Å². The molecule has 0 fully saturated rings. The molecule has 0 atom stereocenters. The lowest BCUT2D eigenvalue weighted by atomic mass is 9.58. The Morgan fingerprint density at radius 3 is 2.02 bits per heavy atom. The van der Waals surface area contributed by atoms with Gasteiger partial charge in [-0.15, -0.1) is 0 Å². The van der Waals surface area contributed by atoms with Gasteiger partial charge in [0.05, 0.1) is 5.52 Å². The van der Waals surface area contributed by atoms with Crippen LogP contribution in [0.4, 0.5) is 11.4 Å². The molecule has 0 saturated carbocycles. The van der Waals surface area contributed by atoms with Crippen molar-refractivity contribution in [3.63, 3.8) is 0 Å². The number of fused-ring (bicyclic) bond motifs is 6. The normalized spacial score (nSPS) is 12.7. The second-order valence-electron chi connectivity index (χ2n) is 16.7. The van der Waals surface area contributed by atoms with E-state index in [0.717, 1.165) is 11.4 Å². The molecule has 0 saturated heterocycles. The van der Waals surface area contributed by atoms with E-state index >= 15 is 0 Å². The van der Waals surface area contributed by atoms with Crippen LogP contribution in [0.3, 0.4) is 0 Å². The average molecular weight is 672 g/mol. The first-order valence-corrected chi connectivity index (χ1v) is 18.5. The first-order chi connectivity index (χ1) is 24.9. The smallest absolute Gasteiger partial charge is 0.197 e. The molecule has 253 valence electrons. The zero-order valence-corrected chi connectivity index (χ0v) is 31.2. The average Bonchev–Trinajstić information content (AvgIpc) is 3.46. The third-order valence-corrected chi connectivity index (χ3v) is 10.9. The molecule has 2 heterocycles. The summed E-state index contributed by atoms with van der Waals surface area (Å²) in [5.41, 5.74) is 17.4. The zero-order valence-electron chi connectivity index (χ0n) is 31.2. The van der Waals surface area contributed by atoms with Crippen LogP contribution in [0.25, 0.3) is 60.5 Å². The highest BCUT2D eigenvalue weighted by Gasteiger charge is 2.29. The largest absolute Gasteiger partial charge is 0.355 e. The Morgan fingerprint density at radius 2 is 1.27 bits per heavy atom. The highest BCUT2D eigenvalue weighted by atomic mass is 15.0. The van der Waals surface area contributed by atoms with Gasteiger partial charge in [-0.2, -0.15) is 0 Å². The van der Waals surface area contributed by atoms with Crippen LogP contribution >= 0.6 is 0 Å².